The van der Waals surface area contributed by atoms with Gasteiger partial charge in [0.2, 0.25) is 0 Å². The molecule has 3 rings (SSSR count). The van der Waals surface area contributed by atoms with Gasteiger partial charge >= 0.3 is 0 Å². The van der Waals surface area contributed by atoms with E-state index in [-0.39, 0.29) is 0 Å². The van der Waals surface area contributed by atoms with Gasteiger partial charge in [-0.05, 0) is 94.4 Å². The van der Waals surface area contributed by atoms with Crippen LogP contribution in [0.25, 0.3) is 0 Å². The summed E-state index contributed by atoms with van der Waals surface area (Å²) in [4.78, 5) is 5.28. The van der Waals surface area contributed by atoms with Crippen LogP contribution in [0, 0.1) is 5.92 Å². The highest BCUT2D eigenvalue weighted by Gasteiger charge is 2.27. The zero-order valence-corrected chi connectivity index (χ0v) is 15.8. The van der Waals surface area contributed by atoms with Gasteiger partial charge in [0.1, 0.15) is 5.75 Å². The molecule has 24 heavy (non-hydrogen) atoms. The lowest BCUT2D eigenvalue weighted by atomic mass is 9.86. The molecule has 1 atom stereocenters. The third-order valence-corrected chi connectivity index (χ3v) is 5.97. The normalized spacial score (nSPS) is 22.6. The summed E-state index contributed by atoms with van der Waals surface area (Å²) in [5.74, 6) is 1.89. The van der Waals surface area contributed by atoms with E-state index in [1.54, 1.807) is 7.11 Å². The third kappa shape index (κ3) is 4.31. The molecule has 0 N–H and O–H groups in total. The number of nitrogens with zero attached hydrogens (tertiary/aromatic N) is 2. The number of methoxy groups -OCH3 is 1. The minimum atomic E-state index is 0.712. The first-order valence-corrected chi connectivity index (χ1v) is 9.78. The van der Waals surface area contributed by atoms with Gasteiger partial charge in [-0.2, -0.15) is 0 Å². The zero-order valence-electron chi connectivity index (χ0n) is 15.8. The van der Waals surface area contributed by atoms with E-state index in [9.17, 15) is 0 Å². The molecule has 1 aromatic carbocycles. The van der Waals surface area contributed by atoms with Crippen LogP contribution >= 0.6 is 0 Å². The van der Waals surface area contributed by atoms with Crippen LogP contribution in [0.2, 0.25) is 0 Å². The Morgan fingerprint density at radius 3 is 2.67 bits per heavy atom. The second kappa shape index (κ2) is 8.35. The van der Waals surface area contributed by atoms with Crippen LogP contribution in [0.5, 0.6) is 5.75 Å². The Hall–Kier alpha value is -1.06. The van der Waals surface area contributed by atoms with Crippen LogP contribution in [-0.4, -0.2) is 56.2 Å². The highest BCUT2D eigenvalue weighted by Crippen LogP contribution is 2.29. The van der Waals surface area contributed by atoms with E-state index in [0.717, 1.165) is 11.7 Å². The van der Waals surface area contributed by atoms with Crippen LogP contribution in [0.1, 0.15) is 43.7 Å². The molecular formula is C21H34N2O. The summed E-state index contributed by atoms with van der Waals surface area (Å²) in [5, 5.41) is 0. The number of ether oxygens (including phenoxy) is 1. The van der Waals surface area contributed by atoms with E-state index in [2.05, 4.69) is 42.0 Å². The van der Waals surface area contributed by atoms with Gasteiger partial charge < -0.3 is 9.64 Å². The molecule has 2 aliphatic rings. The van der Waals surface area contributed by atoms with Crippen LogP contribution in [0.3, 0.4) is 0 Å². The van der Waals surface area contributed by atoms with Crippen molar-refractivity contribution in [1.29, 1.82) is 0 Å². The Bertz CT molecular complexity index is 523. The maximum atomic E-state index is 5.44. The van der Waals surface area contributed by atoms with Crippen molar-refractivity contribution < 1.29 is 4.74 Å². The Morgan fingerprint density at radius 1 is 1.17 bits per heavy atom. The second-order valence-corrected chi connectivity index (χ2v) is 7.77. The van der Waals surface area contributed by atoms with Crippen molar-refractivity contribution in [3.05, 3.63) is 29.3 Å². The topological polar surface area (TPSA) is 15.7 Å². The number of piperidine rings is 1. The standard InChI is InChI=1S/C21H34N2O/c1-4-11-23(16-17-9-12-22(2)13-10-17)20-7-5-18-6-8-21(24-3)15-19(18)14-20/h6,8,15,17,20H,4-5,7,9-14,16H2,1-3H3. The van der Waals surface area contributed by atoms with Crippen LogP contribution in [0.15, 0.2) is 18.2 Å². The highest BCUT2D eigenvalue weighted by molar-refractivity contribution is 5.37. The molecule has 1 aliphatic carbocycles. The average molecular weight is 331 g/mol. The molecule has 0 spiro atoms. The fourth-order valence-electron chi connectivity index (χ4n) is 4.44. The molecule has 1 heterocycles. The molecule has 3 nitrogen and oxygen atoms in total. The van der Waals surface area contributed by atoms with E-state index < -0.39 is 0 Å². The number of rotatable bonds is 6. The minimum absolute atomic E-state index is 0.712. The van der Waals surface area contributed by atoms with E-state index >= 15 is 0 Å². The van der Waals surface area contributed by atoms with Gasteiger partial charge in [0.15, 0.2) is 0 Å². The lowest BCUT2D eigenvalue weighted by Crippen LogP contribution is -2.44. The first-order valence-electron chi connectivity index (χ1n) is 9.78. The Balaban J connectivity index is 1.65. The summed E-state index contributed by atoms with van der Waals surface area (Å²) in [6, 6.07) is 7.36. The smallest absolute Gasteiger partial charge is 0.119 e. The van der Waals surface area contributed by atoms with Gasteiger partial charge in [0.05, 0.1) is 7.11 Å². The van der Waals surface area contributed by atoms with Gasteiger partial charge in [-0.25, -0.2) is 0 Å². The van der Waals surface area contributed by atoms with Crippen molar-refractivity contribution >= 4 is 0 Å². The molecule has 0 amide bonds. The fourth-order valence-corrected chi connectivity index (χ4v) is 4.44. The number of benzene rings is 1. The summed E-state index contributed by atoms with van der Waals surface area (Å²) in [7, 11) is 4.02. The molecule has 0 bridgehead atoms. The third-order valence-electron chi connectivity index (χ3n) is 5.97. The molecular weight excluding hydrogens is 296 g/mol. The van der Waals surface area contributed by atoms with Gasteiger partial charge in [-0.1, -0.05) is 13.0 Å². The molecule has 1 aliphatic heterocycles. The van der Waals surface area contributed by atoms with E-state index in [4.69, 9.17) is 4.74 Å². The van der Waals surface area contributed by atoms with Crippen molar-refractivity contribution in [2.24, 2.45) is 5.92 Å². The first kappa shape index (κ1) is 17.8. The number of aryl methyl sites for hydroxylation is 1. The van der Waals surface area contributed by atoms with Crippen LogP contribution in [0.4, 0.5) is 0 Å². The molecule has 1 unspecified atom stereocenters. The van der Waals surface area contributed by atoms with Gasteiger partial charge in [0.25, 0.3) is 0 Å². The molecule has 0 aromatic heterocycles. The van der Waals surface area contributed by atoms with E-state index in [1.807, 2.05) is 0 Å². The zero-order chi connectivity index (χ0) is 16.9. The Morgan fingerprint density at radius 2 is 1.96 bits per heavy atom. The quantitative estimate of drug-likeness (QED) is 0.792. The predicted molar refractivity (Wildman–Crippen MR) is 101 cm³/mol. The lowest BCUT2D eigenvalue weighted by Gasteiger charge is -2.39. The van der Waals surface area contributed by atoms with Crippen LogP contribution in [-0.2, 0) is 12.8 Å². The predicted octanol–water partition coefficient (Wildman–Crippen LogP) is 3.61. The molecule has 1 fully saturated rings. The number of likely N-dealkylation sites (tertiary alicyclic amines) is 1. The molecule has 3 heteroatoms. The highest BCUT2D eigenvalue weighted by atomic mass is 16.5. The van der Waals surface area contributed by atoms with Gasteiger partial charge in [0, 0.05) is 12.6 Å². The van der Waals surface area contributed by atoms with Crippen LogP contribution < -0.4 is 4.74 Å². The monoisotopic (exact) mass is 330 g/mol. The summed E-state index contributed by atoms with van der Waals surface area (Å²) >= 11 is 0. The first-order chi connectivity index (χ1) is 11.7. The van der Waals surface area contributed by atoms with Crippen molar-refractivity contribution in [3.63, 3.8) is 0 Å². The van der Waals surface area contributed by atoms with Crippen molar-refractivity contribution in [2.45, 2.75) is 51.5 Å². The summed E-state index contributed by atoms with van der Waals surface area (Å²) < 4.78 is 5.44. The average Bonchev–Trinajstić information content (AvgIpc) is 2.62. The number of hydrogen-bond acceptors (Lipinski definition) is 3. The summed E-state index contributed by atoms with van der Waals surface area (Å²) in [5.41, 5.74) is 3.04. The second-order valence-electron chi connectivity index (χ2n) is 7.77. The Kier molecular flexibility index (Phi) is 6.18. The molecule has 134 valence electrons. The summed E-state index contributed by atoms with van der Waals surface area (Å²) in [6.07, 6.45) is 7.72. The van der Waals surface area contributed by atoms with E-state index in [1.165, 1.54) is 75.8 Å². The Labute approximate surface area is 148 Å². The van der Waals surface area contributed by atoms with Crippen molar-refractivity contribution in [1.82, 2.24) is 9.80 Å². The number of hydrogen-bond donors (Lipinski definition) is 0. The maximum Gasteiger partial charge on any atom is 0.119 e. The molecule has 0 saturated carbocycles. The minimum Gasteiger partial charge on any atom is -0.497 e. The molecule has 1 aromatic rings. The molecule has 0 radical (unpaired) electrons. The SMILES string of the molecule is CCCN(CC1CCN(C)CC1)C1CCc2ccc(OC)cc2C1. The number of fused-ring (bicyclic) bond motifs is 1. The largest absolute Gasteiger partial charge is 0.497 e. The maximum absolute atomic E-state index is 5.44. The fraction of sp³-hybridized carbons (Fsp3) is 0.714. The van der Waals surface area contributed by atoms with Gasteiger partial charge in [-0.15, -0.1) is 0 Å². The van der Waals surface area contributed by atoms with Gasteiger partial charge in [-0.3, -0.25) is 4.90 Å². The lowest BCUT2D eigenvalue weighted by molar-refractivity contribution is 0.119. The summed E-state index contributed by atoms with van der Waals surface area (Å²) in [6.45, 7) is 7.41. The van der Waals surface area contributed by atoms with Crippen molar-refractivity contribution in [2.75, 3.05) is 40.3 Å². The molecule has 1 saturated heterocycles. The van der Waals surface area contributed by atoms with Crippen molar-refractivity contribution in [3.8, 4) is 5.75 Å². The van der Waals surface area contributed by atoms with E-state index in [0.29, 0.717) is 6.04 Å².